The van der Waals surface area contributed by atoms with Crippen LogP contribution in [0.5, 0.6) is 0 Å². The maximum absolute atomic E-state index is 13.1. The van der Waals surface area contributed by atoms with Crippen LogP contribution in [0.15, 0.2) is 53.7 Å². The Morgan fingerprint density at radius 1 is 1.17 bits per heavy atom. The van der Waals surface area contributed by atoms with Gasteiger partial charge in [0.05, 0.1) is 4.90 Å². The zero-order valence-corrected chi connectivity index (χ0v) is 13.1. The van der Waals surface area contributed by atoms with Crippen LogP contribution in [0.25, 0.3) is 5.65 Å². The summed E-state index contributed by atoms with van der Waals surface area (Å²) in [5.41, 5.74) is 1.31. The predicted octanol–water partition coefficient (Wildman–Crippen LogP) is 1.05. The van der Waals surface area contributed by atoms with Crippen molar-refractivity contribution in [3.8, 4) is 0 Å². The molecule has 0 fully saturated rings. The van der Waals surface area contributed by atoms with Crippen LogP contribution in [0.4, 0.5) is 4.39 Å². The second-order valence-electron chi connectivity index (χ2n) is 5.11. The van der Waals surface area contributed by atoms with E-state index in [-0.39, 0.29) is 17.1 Å². The highest BCUT2D eigenvalue weighted by molar-refractivity contribution is 7.89. The molecule has 24 heavy (non-hydrogen) atoms. The lowest BCUT2D eigenvalue weighted by Crippen LogP contribution is -2.23. The van der Waals surface area contributed by atoms with E-state index in [1.165, 1.54) is 41.1 Å². The van der Waals surface area contributed by atoms with Crippen molar-refractivity contribution in [2.24, 2.45) is 5.14 Å². The number of carbonyl (C=O) groups excluding carboxylic acids is 1. The molecule has 9 heteroatoms. The number of sulfonamides is 1. The number of imidazole rings is 1. The molecule has 1 aromatic carbocycles. The highest BCUT2D eigenvalue weighted by Gasteiger charge is 2.11. The number of benzene rings is 1. The minimum Gasteiger partial charge on any atom is -0.347 e. The normalized spacial score (nSPS) is 11.6. The fourth-order valence-corrected chi connectivity index (χ4v) is 2.66. The Bertz CT molecular complexity index is 1010. The van der Waals surface area contributed by atoms with Crippen molar-refractivity contribution in [2.75, 3.05) is 0 Å². The van der Waals surface area contributed by atoms with Gasteiger partial charge in [-0.1, -0.05) is 12.1 Å². The number of halogens is 1. The zero-order valence-electron chi connectivity index (χ0n) is 12.3. The number of nitrogens with one attached hydrogen (secondary N) is 1. The first-order valence-corrected chi connectivity index (χ1v) is 8.42. The van der Waals surface area contributed by atoms with Gasteiger partial charge in [-0.15, -0.1) is 0 Å². The van der Waals surface area contributed by atoms with Crippen molar-refractivity contribution in [1.29, 1.82) is 0 Å². The Hall–Kier alpha value is -2.78. The molecular weight excluding hydrogens is 335 g/mol. The molecule has 3 aromatic rings. The van der Waals surface area contributed by atoms with Crippen LogP contribution in [0.3, 0.4) is 0 Å². The molecule has 7 nitrogen and oxygen atoms in total. The van der Waals surface area contributed by atoms with Crippen molar-refractivity contribution in [2.45, 2.75) is 11.4 Å². The number of nitrogens with two attached hydrogens (primary N) is 1. The largest absolute Gasteiger partial charge is 0.347 e. The Morgan fingerprint density at radius 2 is 1.88 bits per heavy atom. The number of hydrogen-bond donors (Lipinski definition) is 2. The van der Waals surface area contributed by atoms with Crippen LogP contribution >= 0.6 is 0 Å². The van der Waals surface area contributed by atoms with Gasteiger partial charge in [0, 0.05) is 18.9 Å². The highest BCUT2D eigenvalue weighted by Crippen LogP contribution is 2.10. The number of hydrogen-bond acceptors (Lipinski definition) is 4. The van der Waals surface area contributed by atoms with Gasteiger partial charge in [0.15, 0.2) is 0 Å². The number of amides is 1. The van der Waals surface area contributed by atoms with E-state index in [0.29, 0.717) is 11.2 Å². The molecule has 3 N–H and O–H groups in total. The number of pyridine rings is 1. The van der Waals surface area contributed by atoms with Gasteiger partial charge < -0.3 is 9.72 Å². The fraction of sp³-hybridized carbons (Fsp3) is 0.0667. The molecule has 0 saturated carbocycles. The third-order valence-electron chi connectivity index (χ3n) is 3.35. The van der Waals surface area contributed by atoms with Gasteiger partial charge in [0.25, 0.3) is 5.91 Å². The van der Waals surface area contributed by atoms with E-state index in [4.69, 9.17) is 5.14 Å². The highest BCUT2D eigenvalue weighted by atomic mass is 32.2. The summed E-state index contributed by atoms with van der Waals surface area (Å²) >= 11 is 0. The van der Waals surface area contributed by atoms with Crippen molar-refractivity contribution >= 4 is 21.6 Å². The molecule has 2 heterocycles. The zero-order chi connectivity index (χ0) is 17.3. The average molecular weight is 348 g/mol. The standard InChI is InChI=1S/C15H13FN4O3S/c16-11-3-6-14-19-13(9-20(14)8-11)15(21)18-7-10-1-4-12(5-2-10)24(17,22)23/h1-6,8-9H,7H2,(H,18,21)(H2,17,22,23). The Labute approximate surface area is 137 Å². The monoisotopic (exact) mass is 348 g/mol. The van der Waals surface area contributed by atoms with Crippen molar-refractivity contribution in [1.82, 2.24) is 14.7 Å². The van der Waals surface area contributed by atoms with E-state index in [0.717, 1.165) is 0 Å². The van der Waals surface area contributed by atoms with Gasteiger partial charge in [-0.25, -0.2) is 22.9 Å². The van der Waals surface area contributed by atoms with Gasteiger partial charge in [0.1, 0.15) is 17.2 Å². The van der Waals surface area contributed by atoms with E-state index in [2.05, 4.69) is 10.3 Å². The molecule has 0 aliphatic heterocycles. The molecule has 0 saturated heterocycles. The molecule has 0 aliphatic carbocycles. The van der Waals surface area contributed by atoms with E-state index >= 15 is 0 Å². The minimum atomic E-state index is -3.74. The number of nitrogens with zero attached hydrogens (tertiary/aromatic N) is 2. The summed E-state index contributed by atoms with van der Waals surface area (Å²) < 4.78 is 36.9. The first kappa shape index (κ1) is 16.1. The molecule has 0 bridgehead atoms. The molecule has 0 radical (unpaired) electrons. The van der Waals surface area contributed by atoms with E-state index in [1.54, 1.807) is 12.1 Å². The lowest BCUT2D eigenvalue weighted by Gasteiger charge is -2.04. The van der Waals surface area contributed by atoms with Crippen LogP contribution in [0.1, 0.15) is 16.1 Å². The van der Waals surface area contributed by atoms with Crippen LogP contribution in [-0.4, -0.2) is 23.7 Å². The van der Waals surface area contributed by atoms with E-state index in [9.17, 15) is 17.6 Å². The summed E-state index contributed by atoms with van der Waals surface area (Å²) in [7, 11) is -3.74. The Balaban J connectivity index is 1.70. The first-order valence-electron chi connectivity index (χ1n) is 6.87. The van der Waals surface area contributed by atoms with Crippen LogP contribution < -0.4 is 10.5 Å². The van der Waals surface area contributed by atoms with Crippen LogP contribution in [0.2, 0.25) is 0 Å². The molecule has 0 atom stereocenters. The molecule has 2 aromatic heterocycles. The predicted molar refractivity (Wildman–Crippen MR) is 84.1 cm³/mol. The van der Waals surface area contributed by atoms with Crippen LogP contribution in [0, 0.1) is 5.82 Å². The summed E-state index contributed by atoms with van der Waals surface area (Å²) in [5.74, 6) is -0.851. The summed E-state index contributed by atoms with van der Waals surface area (Å²) in [6, 6.07) is 8.57. The molecule has 0 spiro atoms. The molecular formula is C15H13FN4O3S. The van der Waals surface area contributed by atoms with Gasteiger partial charge in [-0.05, 0) is 29.8 Å². The Kier molecular flexibility index (Phi) is 4.04. The summed E-state index contributed by atoms with van der Waals surface area (Å²) in [6.07, 6.45) is 2.66. The number of aromatic nitrogens is 2. The lowest BCUT2D eigenvalue weighted by atomic mass is 10.2. The number of fused-ring (bicyclic) bond motifs is 1. The first-order chi connectivity index (χ1) is 11.3. The van der Waals surface area contributed by atoms with E-state index in [1.807, 2.05) is 0 Å². The third-order valence-corrected chi connectivity index (χ3v) is 4.28. The quantitative estimate of drug-likeness (QED) is 0.735. The summed E-state index contributed by atoms with van der Waals surface area (Å²) in [5, 5.41) is 7.68. The molecule has 124 valence electrons. The number of primary sulfonamides is 1. The van der Waals surface area contributed by atoms with Gasteiger partial charge in [0.2, 0.25) is 10.0 Å². The van der Waals surface area contributed by atoms with Gasteiger partial charge in [-0.3, -0.25) is 4.79 Å². The maximum atomic E-state index is 13.1. The second kappa shape index (κ2) is 6.02. The third kappa shape index (κ3) is 3.42. The smallest absolute Gasteiger partial charge is 0.271 e. The SMILES string of the molecule is NS(=O)(=O)c1ccc(CNC(=O)c2cn3cc(F)ccc3n2)cc1. The topological polar surface area (TPSA) is 107 Å². The average Bonchev–Trinajstić information content (AvgIpc) is 2.95. The maximum Gasteiger partial charge on any atom is 0.271 e. The van der Waals surface area contributed by atoms with E-state index < -0.39 is 21.7 Å². The molecule has 3 rings (SSSR count). The van der Waals surface area contributed by atoms with Crippen molar-refractivity contribution in [3.63, 3.8) is 0 Å². The lowest BCUT2D eigenvalue weighted by molar-refractivity contribution is 0.0946. The molecule has 0 unspecified atom stereocenters. The summed E-state index contributed by atoms with van der Waals surface area (Å²) in [6.45, 7) is 0.186. The molecule has 0 aliphatic rings. The number of carbonyl (C=O) groups is 1. The molecule has 1 amide bonds. The van der Waals surface area contributed by atoms with Gasteiger partial charge in [-0.2, -0.15) is 0 Å². The number of rotatable bonds is 4. The van der Waals surface area contributed by atoms with Crippen LogP contribution in [-0.2, 0) is 16.6 Å². The van der Waals surface area contributed by atoms with Gasteiger partial charge >= 0.3 is 0 Å². The van der Waals surface area contributed by atoms with Crippen molar-refractivity contribution < 1.29 is 17.6 Å². The second-order valence-corrected chi connectivity index (χ2v) is 6.67. The Morgan fingerprint density at radius 3 is 2.54 bits per heavy atom. The fourth-order valence-electron chi connectivity index (χ4n) is 2.14. The minimum absolute atomic E-state index is 0.0000426. The summed E-state index contributed by atoms with van der Waals surface area (Å²) in [4.78, 5) is 16.2. The van der Waals surface area contributed by atoms with Crippen molar-refractivity contribution in [3.05, 3.63) is 65.9 Å².